The first-order valence-corrected chi connectivity index (χ1v) is 8.69. The molecule has 0 aliphatic rings. The highest BCUT2D eigenvalue weighted by Crippen LogP contribution is 2.25. The summed E-state index contributed by atoms with van der Waals surface area (Å²) in [4.78, 5) is 16.5. The SMILES string of the molecule is CC[C@@](O)(CCCO)CNC(=O)c1ccc(-c2ncccc2Cl)cc1. The van der Waals surface area contributed by atoms with E-state index in [0.29, 0.717) is 35.5 Å². The molecule has 1 aromatic carbocycles. The first-order chi connectivity index (χ1) is 12.0. The van der Waals surface area contributed by atoms with E-state index < -0.39 is 5.60 Å². The molecule has 3 N–H and O–H groups in total. The van der Waals surface area contributed by atoms with Gasteiger partial charge in [-0.25, -0.2) is 0 Å². The summed E-state index contributed by atoms with van der Waals surface area (Å²) in [6, 6.07) is 10.5. The van der Waals surface area contributed by atoms with Gasteiger partial charge in [-0.3, -0.25) is 9.78 Å². The number of pyridine rings is 1. The molecule has 0 saturated heterocycles. The van der Waals surface area contributed by atoms with Crippen LogP contribution in [-0.4, -0.2) is 39.9 Å². The molecular formula is C19H23ClN2O3. The van der Waals surface area contributed by atoms with E-state index >= 15 is 0 Å². The average molecular weight is 363 g/mol. The number of carbonyl (C=O) groups excluding carboxylic acids is 1. The number of benzene rings is 1. The van der Waals surface area contributed by atoms with Crippen LogP contribution in [-0.2, 0) is 0 Å². The molecule has 0 spiro atoms. The summed E-state index contributed by atoms with van der Waals surface area (Å²) in [7, 11) is 0. The van der Waals surface area contributed by atoms with Gasteiger partial charge in [0.1, 0.15) is 0 Å². The van der Waals surface area contributed by atoms with Crippen molar-refractivity contribution in [1.29, 1.82) is 0 Å². The molecule has 0 radical (unpaired) electrons. The van der Waals surface area contributed by atoms with E-state index in [4.69, 9.17) is 16.7 Å². The Morgan fingerprint density at radius 1 is 1.28 bits per heavy atom. The van der Waals surface area contributed by atoms with Crippen molar-refractivity contribution in [2.24, 2.45) is 0 Å². The van der Waals surface area contributed by atoms with E-state index in [1.165, 1.54) is 0 Å². The number of nitrogens with one attached hydrogen (secondary N) is 1. The van der Waals surface area contributed by atoms with Crippen molar-refractivity contribution < 1.29 is 15.0 Å². The highest BCUT2D eigenvalue weighted by Gasteiger charge is 2.24. The fourth-order valence-corrected chi connectivity index (χ4v) is 2.75. The minimum absolute atomic E-state index is 0.0216. The normalized spacial score (nSPS) is 13.3. The van der Waals surface area contributed by atoms with E-state index in [1.807, 2.05) is 6.92 Å². The predicted molar refractivity (Wildman–Crippen MR) is 98.6 cm³/mol. The molecule has 2 rings (SSSR count). The van der Waals surface area contributed by atoms with Gasteiger partial charge in [0.15, 0.2) is 0 Å². The molecule has 1 heterocycles. The smallest absolute Gasteiger partial charge is 0.251 e. The van der Waals surface area contributed by atoms with Crippen LogP contribution in [0.3, 0.4) is 0 Å². The molecule has 5 nitrogen and oxygen atoms in total. The number of carbonyl (C=O) groups is 1. The van der Waals surface area contributed by atoms with Crippen LogP contribution in [0.1, 0.15) is 36.5 Å². The van der Waals surface area contributed by atoms with Crippen molar-refractivity contribution in [3.63, 3.8) is 0 Å². The van der Waals surface area contributed by atoms with Crippen molar-refractivity contribution >= 4 is 17.5 Å². The van der Waals surface area contributed by atoms with Crippen LogP contribution in [0.25, 0.3) is 11.3 Å². The maximum Gasteiger partial charge on any atom is 0.251 e. The molecule has 6 heteroatoms. The maximum atomic E-state index is 12.3. The summed E-state index contributed by atoms with van der Waals surface area (Å²) >= 11 is 6.13. The van der Waals surface area contributed by atoms with Crippen molar-refractivity contribution in [2.45, 2.75) is 31.8 Å². The first-order valence-electron chi connectivity index (χ1n) is 8.31. The Labute approximate surface area is 152 Å². The van der Waals surface area contributed by atoms with Gasteiger partial charge in [0.05, 0.1) is 16.3 Å². The van der Waals surface area contributed by atoms with Crippen LogP contribution >= 0.6 is 11.6 Å². The van der Waals surface area contributed by atoms with Crippen LogP contribution in [0.4, 0.5) is 0 Å². The summed E-state index contributed by atoms with van der Waals surface area (Å²) in [5.41, 5.74) is 0.992. The number of halogens is 1. The molecule has 134 valence electrons. The number of aromatic nitrogens is 1. The largest absolute Gasteiger partial charge is 0.396 e. The summed E-state index contributed by atoms with van der Waals surface area (Å²) in [6.07, 6.45) is 3.11. The van der Waals surface area contributed by atoms with Gasteiger partial charge in [-0.05, 0) is 43.5 Å². The molecule has 0 aliphatic heterocycles. The Bertz CT molecular complexity index is 706. The lowest BCUT2D eigenvalue weighted by atomic mass is 9.94. The van der Waals surface area contributed by atoms with Crippen molar-refractivity contribution in [3.8, 4) is 11.3 Å². The Hall–Kier alpha value is -1.95. The van der Waals surface area contributed by atoms with Gasteiger partial charge < -0.3 is 15.5 Å². The van der Waals surface area contributed by atoms with Crippen LogP contribution < -0.4 is 5.32 Å². The summed E-state index contributed by atoms with van der Waals surface area (Å²) in [5.74, 6) is -0.255. The summed E-state index contributed by atoms with van der Waals surface area (Å²) in [5, 5.41) is 22.6. The lowest BCUT2D eigenvalue weighted by molar-refractivity contribution is 0.0212. The second-order valence-electron chi connectivity index (χ2n) is 6.00. The highest BCUT2D eigenvalue weighted by atomic mass is 35.5. The second kappa shape index (κ2) is 8.94. The number of aliphatic hydroxyl groups is 2. The Balaban J connectivity index is 2.02. The third-order valence-electron chi connectivity index (χ3n) is 4.22. The molecule has 1 aromatic heterocycles. The lowest BCUT2D eigenvalue weighted by Gasteiger charge is -2.26. The fraction of sp³-hybridized carbons (Fsp3) is 0.368. The standard InChI is InChI=1S/C19H23ClN2O3/c1-2-19(25,10-4-12-23)13-22-18(24)15-8-6-14(7-9-15)17-16(20)5-3-11-21-17/h3,5-9,11,23,25H,2,4,10,12-13H2,1H3,(H,22,24)/t19-/m1/s1. The molecule has 25 heavy (non-hydrogen) atoms. The number of hydrogen-bond acceptors (Lipinski definition) is 4. The minimum atomic E-state index is -1.00. The zero-order chi connectivity index (χ0) is 18.3. The predicted octanol–water partition coefficient (Wildman–Crippen LogP) is 3.05. The topological polar surface area (TPSA) is 82.5 Å². The van der Waals surface area contributed by atoms with Gasteiger partial charge in [-0.2, -0.15) is 0 Å². The number of amides is 1. The number of rotatable bonds is 8. The van der Waals surface area contributed by atoms with Crippen molar-refractivity contribution in [1.82, 2.24) is 10.3 Å². The molecule has 0 fully saturated rings. The number of hydrogen-bond donors (Lipinski definition) is 3. The lowest BCUT2D eigenvalue weighted by Crippen LogP contribution is -2.42. The van der Waals surface area contributed by atoms with Gasteiger partial charge in [-0.1, -0.05) is 30.7 Å². The van der Waals surface area contributed by atoms with E-state index in [2.05, 4.69) is 10.3 Å². The van der Waals surface area contributed by atoms with Gasteiger partial charge in [0, 0.05) is 30.5 Å². The monoisotopic (exact) mass is 362 g/mol. The Morgan fingerprint density at radius 2 is 2.00 bits per heavy atom. The first kappa shape index (κ1) is 19.4. The third kappa shape index (κ3) is 5.26. The van der Waals surface area contributed by atoms with Crippen LogP contribution in [0.2, 0.25) is 5.02 Å². The fourth-order valence-electron chi connectivity index (χ4n) is 2.52. The van der Waals surface area contributed by atoms with Gasteiger partial charge in [0.2, 0.25) is 0 Å². The Kier molecular flexibility index (Phi) is 6.93. The van der Waals surface area contributed by atoms with Gasteiger partial charge in [-0.15, -0.1) is 0 Å². The molecule has 1 atom stereocenters. The molecule has 0 bridgehead atoms. The molecule has 0 unspecified atom stereocenters. The van der Waals surface area contributed by atoms with Crippen LogP contribution in [0.5, 0.6) is 0 Å². The maximum absolute atomic E-state index is 12.3. The van der Waals surface area contributed by atoms with Crippen molar-refractivity contribution in [3.05, 3.63) is 53.2 Å². The Morgan fingerprint density at radius 3 is 2.60 bits per heavy atom. The minimum Gasteiger partial charge on any atom is -0.396 e. The van der Waals surface area contributed by atoms with E-state index in [1.54, 1.807) is 42.6 Å². The van der Waals surface area contributed by atoms with E-state index in [0.717, 1.165) is 5.56 Å². The molecule has 0 saturated carbocycles. The number of nitrogens with zero attached hydrogens (tertiary/aromatic N) is 1. The van der Waals surface area contributed by atoms with E-state index in [-0.39, 0.29) is 19.1 Å². The number of aliphatic hydroxyl groups excluding tert-OH is 1. The molecule has 0 aliphatic carbocycles. The molecular weight excluding hydrogens is 340 g/mol. The quantitative estimate of drug-likeness (QED) is 0.674. The zero-order valence-corrected chi connectivity index (χ0v) is 15.0. The van der Waals surface area contributed by atoms with Crippen LogP contribution in [0.15, 0.2) is 42.6 Å². The summed E-state index contributed by atoms with van der Waals surface area (Å²) < 4.78 is 0. The average Bonchev–Trinajstić information content (AvgIpc) is 2.65. The van der Waals surface area contributed by atoms with Gasteiger partial charge in [0.25, 0.3) is 5.91 Å². The highest BCUT2D eigenvalue weighted by molar-refractivity contribution is 6.33. The second-order valence-corrected chi connectivity index (χ2v) is 6.41. The molecule has 2 aromatic rings. The zero-order valence-electron chi connectivity index (χ0n) is 14.2. The van der Waals surface area contributed by atoms with Gasteiger partial charge >= 0.3 is 0 Å². The van der Waals surface area contributed by atoms with Crippen LogP contribution in [0, 0.1) is 0 Å². The summed E-state index contributed by atoms with van der Waals surface area (Å²) in [6.45, 7) is 2.03. The third-order valence-corrected chi connectivity index (χ3v) is 4.52. The van der Waals surface area contributed by atoms with E-state index in [9.17, 15) is 9.90 Å². The molecule has 1 amide bonds. The van der Waals surface area contributed by atoms with Crippen molar-refractivity contribution in [2.75, 3.05) is 13.2 Å².